The average molecular weight is 347 g/mol. The number of hydrogen-bond acceptors (Lipinski definition) is 6. The summed E-state index contributed by atoms with van der Waals surface area (Å²) in [5.41, 5.74) is 0.518. The first kappa shape index (κ1) is 16.1. The lowest BCUT2D eigenvalue weighted by Crippen LogP contribution is -2.47. The Morgan fingerprint density at radius 3 is 2.74 bits per heavy atom. The second-order valence-corrected chi connectivity index (χ2v) is 7.75. The van der Waals surface area contributed by atoms with Crippen LogP contribution in [0.1, 0.15) is 37.3 Å². The van der Waals surface area contributed by atoms with E-state index in [9.17, 15) is 9.59 Å². The van der Waals surface area contributed by atoms with Crippen molar-refractivity contribution in [2.24, 2.45) is 0 Å². The van der Waals surface area contributed by atoms with Crippen LogP contribution in [0.25, 0.3) is 10.6 Å². The van der Waals surface area contributed by atoms with Crippen LogP contribution in [0, 0.1) is 0 Å². The van der Waals surface area contributed by atoms with Gasteiger partial charge in [-0.3, -0.25) is 9.59 Å². The number of carbonyl (C=O) groups excluding carboxylic acids is 2. The van der Waals surface area contributed by atoms with Crippen molar-refractivity contribution in [3.8, 4) is 10.6 Å². The fourth-order valence-corrected chi connectivity index (χ4v) is 4.39. The molecule has 0 radical (unpaired) electrons. The zero-order chi connectivity index (χ0) is 16.8. The molecular formula is C17H17NO3S2. The summed E-state index contributed by atoms with van der Waals surface area (Å²) in [4.78, 5) is 30.9. The van der Waals surface area contributed by atoms with Crippen molar-refractivity contribution in [2.45, 2.75) is 38.7 Å². The molecule has 1 unspecified atom stereocenters. The van der Waals surface area contributed by atoms with E-state index >= 15 is 0 Å². The normalized spacial score (nSPS) is 20.7. The highest BCUT2D eigenvalue weighted by molar-refractivity contribution is 7.15. The Balaban J connectivity index is 2.11. The van der Waals surface area contributed by atoms with E-state index in [1.807, 2.05) is 23.8 Å². The number of carbonyl (C=O) groups is 2. The van der Waals surface area contributed by atoms with Crippen molar-refractivity contribution in [1.29, 1.82) is 0 Å². The molecule has 0 amide bonds. The van der Waals surface area contributed by atoms with Crippen molar-refractivity contribution >= 4 is 34.2 Å². The van der Waals surface area contributed by atoms with Crippen LogP contribution in [-0.4, -0.2) is 22.2 Å². The van der Waals surface area contributed by atoms with E-state index < -0.39 is 11.5 Å². The number of ketones is 2. The number of nitrogens with zero attached hydrogens (tertiary/aromatic N) is 1. The number of hydrogen-bond donors (Lipinski definition) is 0. The third kappa shape index (κ3) is 2.66. The molecule has 0 spiro atoms. The molecular weight excluding hydrogens is 330 g/mol. The number of aromatic nitrogens is 1. The van der Waals surface area contributed by atoms with Gasteiger partial charge in [0, 0.05) is 15.8 Å². The second-order valence-electron chi connectivity index (χ2n) is 5.89. The Hall–Kier alpha value is -1.79. The zero-order valence-corrected chi connectivity index (χ0v) is 14.8. The lowest BCUT2D eigenvalue weighted by molar-refractivity contribution is -0.150. The molecule has 1 atom stereocenters. The van der Waals surface area contributed by atoms with Gasteiger partial charge < -0.3 is 4.74 Å². The summed E-state index contributed by atoms with van der Waals surface area (Å²) in [5, 5.41) is 4.84. The van der Waals surface area contributed by atoms with Crippen molar-refractivity contribution in [3.05, 3.63) is 39.7 Å². The molecule has 2 aromatic heterocycles. The maximum atomic E-state index is 12.7. The smallest absolute Gasteiger partial charge is 0.213 e. The molecule has 3 heterocycles. The number of aryl methyl sites for hydroxylation is 1. The molecule has 3 rings (SSSR count). The van der Waals surface area contributed by atoms with E-state index in [0.29, 0.717) is 5.69 Å². The highest BCUT2D eigenvalue weighted by Crippen LogP contribution is 2.39. The molecule has 0 aromatic carbocycles. The van der Waals surface area contributed by atoms with Crippen LogP contribution in [0.3, 0.4) is 0 Å². The van der Waals surface area contributed by atoms with Gasteiger partial charge in [0.2, 0.25) is 5.78 Å². The fourth-order valence-electron chi connectivity index (χ4n) is 2.64. The minimum Gasteiger partial charge on any atom is -0.477 e. The van der Waals surface area contributed by atoms with Crippen molar-refractivity contribution in [3.63, 3.8) is 0 Å². The molecule has 1 aliphatic heterocycles. The summed E-state index contributed by atoms with van der Waals surface area (Å²) in [7, 11) is 0. The number of thiophene rings is 1. The van der Waals surface area contributed by atoms with E-state index in [1.165, 1.54) is 11.3 Å². The first-order valence-electron chi connectivity index (χ1n) is 7.33. The van der Waals surface area contributed by atoms with Crippen LogP contribution >= 0.6 is 22.7 Å². The predicted octanol–water partition coefficient (Wildman–Crippen LogP) is 3.98. The molecule has 1 saturated heterocycles. The van der Waals surface area contributed by atoms with Gasteiger partial charge in [0.05, 0.1) is 5.69 Å². The lowest BCUT2D eigenvalue weighted by atomic mass is 9.82. The summed E-state index contributed by atoms with van der Waals surface area (Å²) in [6.07, 6.45) is 0.724. The Kier molecular flexibility index (Phi) is 3.98. The quantitative estimate of drug-likeness (QED) is 0.622. The second kappa shape index (κ2) is 5.69. The summed E-state index contributed by atoms with van der Waals surface area (Å²) in [6.45, 7) is 9.00. The number of ether oxygens (including phenoxy) is 1. The SMILES string of the molecule is C=C1OC(C)(C)C(=O)C(c2nc(-c3ccsc3)sc2CC)C1=O. The standard InChI is InChI=1S/C17H17NO3S2/c1-5-11-13(18-16(23-11)10-6-7-22-8-10)12-14(19)9(2)21-17(3,4)15(12)20/h6-8,12H,2,5H2,1,3-4H3. The average Bonchev–Trinajstić information content (AvgIpc) is 3.14. The molecule has 120 valence electrons. The molecule has 4 nitrogen and oxygen atoms in total. The summed E-state index contributed by atoms with van der Waals surface area (Å²) in [5.74, 6) is -1.52. The highest BCUT2D eigenvalue weighted by atomic mass is 32.1. The van der Waals surface area contributed by atoms with Crippen molar-refractivity contribution in [1.82, 2.24) is 4.98 Å². The molecule has 0 bridgehead atoms. The number of rotatable bonds is 3. The Bertz CT molecular complexity index is 787. The largest absolute Gasteiger partial charge is 0.477 e. The Morgan fingerprint density at radius 1 is 1.39 bits per heavy atom. The van der Waals surface area contributed by atoms with Crippen LogP contribution in [0.5, 0.6) is 0 Å². The van der Waals surface area contributed by atoms with Gasteiger partial charge in [-0.2, -0.15) is 11.3 Å². The molecule has 0 saturated carbocycles. The van der Waals surface area contributed by atoms with Crippen LogP contribution in [0.15, 0.2) is 29.2 Å². The molecule has 23 heavy (non-hydrogen) atoms. The van der Waals surface area contributed by atoms with E-state index in [4.69, 9.17) is 4.74 Å². The van der Waals surface area contributed by atoms with Crippen LogP contribution in [0.4, 0.5) is 0 Å². The van der Waals surface area contributed by atoms with Gasteiger partial charge in [0.25, 0.3) is 0 Å². The molecule has 1 aliphatic rings. The topological polar surface area (TPSA) is 56.3 Å². The lowest BCUT2D eigenvalue weighted by Gasteiger charge is -2.34. The van der Waals surface area contributed by atoms with Gasteiger partial charge in [0.1, 0.15) is 10.9 Å². The molecule has 6 heteroatoms. The third-order valence-electron chi connectivity index (χ3n) is 3.86. The Labute approximate surface area is 142 Å². The molecule has 0 aliphatic carbocycles. The monoisotopic (exact) mass is 347 g/mol. The maximum Gasteiger partial charge on any atom is 0.213 e. The fraction of sp³-hybridized carbons (Fsp3) is 0.353. The molecule has 2 aromatic rings. The van der Waals surface area contributed by atoms with Crippen LogP contribution < -0.4 is 0 Å². The number of Topliss-reactive ketones (excluding diaryl/α,β-unsaturated/α-hetero) is 2. The first-order valence-corrected chi connectivity index (χ1v) is 9.09. The molecule has 1 fully saturated rings. The van der Waals surface area contributed by atoms with Gasteiger partial charge >= 0.3 is 0 Å². The van der Waals surface area contributed by atoms with Gasteiger partial charge in [-0.25, -0.2) is 4.98 Å². The van der Waals surface area contributed by atoms with E-state index in [1.54, 1.807) is 25.2 Å². The zero-order valence-electron chi connectivity index (χ0n) is 13.2. The third-order valence-corrected chi connectivity index (χ3v) is 5.81. The van der Waals surface area contributed by atoms with Gasteiger partial charge in [-0.05, 0) is 31.7 Å². The van der Waals surface area contributed by atoms with Crippen molar-refractivity contribution in [2.75, 3.05) is 0 Å². The minimum atomic E-state index is -1.06. The highest BCUT2D eigenvalue weighted by Gasteiger charge is 2.48. The minimum absolute atomic E-state index is 0.0340. The Morgan fingerprint density at radius 2 is 2.13 bits per heavy atom. The van der Waals surface area contributed by atoms with E-state index in [0.717, 1.165) is 21.9 Å². The van der Waals surface area contributed by atoms with E-state index in [2.05, 4.69) is 11.6 Å². The van der Waals surface area contributed by atoms with Crippen LogP contribution in [0.2, 0.25) is 0 Å². The van der Waals surface area contributed by atoms with Gasteiger partial charge in [-0.15, -0.1) is 11.3 Å². The summed E-state index contributed by atoms with van der Waals surface area (Å²) >= 11 is 3.13. The van der Waals surface area contributed by atoms with Crippen LogP contribution in [-0.2, 0) is 20.7 Å². The number of allylic oxidation sites excluding steroid dienone is 1. The summed E-state index contributed by atoms with van der Waals surface area (Å²) < 4.78 is 5.39. The van der Waals surface area contributed by atoms with Gasteiger partial charge in [0.15, 0.2) is 17.1 Å². The predicted molar refractivity (Wildman–Crippen MR) is 91.9 cm³/mol. The van der Waals surface area contributed by atoms with Crippen molar-refractivity contribution < 1.29 is 14.3 Å². The van der Waals surface area contributed by atoms with E-state index in [-0.39, 0.29) is 17.3 Å². The van der Waals surface area contributed by atoms with Gasteiger partial charge in [-0.1, -0.05) is 13.5 Å². The first-order chi connectivity index (χ1) is 10.8. The number of thiazole rings is 1. The molecule has 0 N–H and O–H groups in total. The maximum absolute atomic E-state index is 12.7. The summed E-state index contributed by atoms with van der Waals surface area (Å²) in [6, 6.07) is 1.99.